The molecule has 0 unspecified atom stereocenters. The van der Waals surface area contributed by atoms with Crippen molar-refractivity contribution in [3.05, 3.63) is 36.2 Å². The van der Waals surface area contributed by atoms with Crippen molar-refractivity contribution < 1.29 is 0 Å². The van der Waals surface area contributed by atoms with Gasteiger partial charge in [0.15, 0.2) is 0 Å². The first-order chi connectivity index (χ1) is 7.93. The molecule has 1 aromatic heterocycles. The van der Waals surface area contributed by atoms with Gasteiger partial charge in [0.05, 0.1) is 12.4 Å². The van der Waals surface area contributed by atoms with Crippen LogP contribution in [0.4, 0.5) is 0 Å². The first-order valence-corrected chi connectivity index (χ1v) is 6.14. The fraction of sp³-hybridized carbons (Fsp3) is 0.429. The third kappa shape index (κ3) is 1.80. The topological polar surface area (TPSA) is 25.8 Å². The minimum Gasteiger partial charge on any atom is -0.158 e. The smallest absolute Gasteiger partial charge is 0.0574 e. The number of benzene rings is 1. The summed E-state index contributed by atoms with van der Waals surface area (Å²) in [6.45, 7) is 0. The molecule has 1 heterocycles. The summed E-state index contributed by atoms with van der Waals surface area (Å²) in [5.41, 5.74) is 1.49. The third-order valence-electron chi connectivity index (χ3n) is 3.65. The van der Waals surface area contributed by atoms with Crippen molar-refractivity contribution in [2.45, 2.75) is 38.0 Å². The van der Waals surface area contributed by atoms with Crippen LogP contribution in [-0.2, 0) is 0 Å². The highest BCUT2D eigenvalue weighted by molar-refractivity contribution is 5.81. The van der Waals surface area contributed by atoms with Gasteiger partial charge in [-0.1, -0.05) is 31.4 Å². The minimum absolute atomic E-state index is 0.770. The monoisotopic (exact) mass is 212 g/mol. The van der Waals surface area contributed by atoms with Gasteiger partial charge in [-0.05, 0) is 30.4 Å². The molecule has 0 radical (unpaired) electrons. The highest BCUT2D eigenvalue weighted by Gasteiger charge is 2.15. The molecule has 2 aromatic rings. The average molecular weight is 212 g/mol. The lowest BCUT2D eigenvalue weighted by molar-refractivity contribution is 0.444. The summed E-state index contributed by atoms with van der Waals surface area (Å²) < 4.78 is 0. The largest absolute Gasteiger partial charge is 0.158 e. The van der Waals surface area contributed by atoms with Gasteiger partial charge in [-0.2, -0.15) is 10.2 Å². The van der Waals surface area contributed by atoms with Crippen molar-refractivity contribution in [3.8, 4) is 0 Å². The lowest BCUT2D eigenvalue weighted by Gasteiger charge is -2.22. The molecule has 0 bridgehead atoms. The van der Waals surface area contributed by atoms with Crippen molar-refractivity contribution in [1.82, 2.24) is 10.2 Å². The number of fused-ring (bicyclic) bond motifs is 1. The summed E-state index contributed by atoms with van der Waals surface area (Å²) in [6.07, 6.45) is 10.6. The van der Waals surface area contributed by atoms with Gasteiger partial charge in [-0.3, -0.25) is 0 Å². The molecule has 16 heavy (non-hydrogen) atoms. The van der Waals surface area contributed by atoms with Crippen molar-refractivity contribution in [3.63, 3.8) is 0 Å². The molecule has 1 aromatic carbocycles. The van der Waals surface area contributed by atoms with Crippen molar-refractivity contribution in [2.24, 2.45) is 0 Å². The Morgan fingerprint density at radius 1 is 0.875 bits per heavy atom. The summed E-state index contributed by atoms with van der Waals surface area (Å²) in [7, 11) is 0. The maximum Gasteiger partial charge on any atom is 0.0574 e. The Hall–Kier alpha value is -1.44. The third-order valence-corrected chi connectivity index (χ3v) is 3.65. The number of aromatic nitrogens is 2. The Balaban J connectivity index is 1.97. The molecule has 0 amide bonds. The molecule has 0 aliphatic heterocycles. The average Bonchev–Trinajstić information content (AvgIpc) is 2.39. The summed E-state index contributed by atoms with van der Waals surface area (Å²) in [5.74, 6) is 0.770. The molecule has 0 saturated heterocycles. The van der Waals surface area contributed by atoms with Crippen LogP contribution in [0.2, 0.25) is 0 Å². The molecule has 0 N–H and O–H groups in total. The summed E-state index contributed by atoms with van der Waals surface area (Å²) in [6, 6.07) is 6.73. The predicted octanol–water partition coefficient (Wildman–Crippen LogP) is 3.68. The Morgan fingerprint density at radius 2 is 1.62 bits per heavy atom. The first-order valence-electron chi connectivity index (χ1n) is 6.14. The van der Waals surface area contributed by atoms with Gasteiger partial charge in [0, 0.05) is 10.8 Å². The number of hydrogen-bond acceptors (Lipinski definition) is 2. The van der Waals surface area contributed by atoms with Crippen LogP contribution in [-0.4, -0.2) is 10.2 Å². The van der Waals surface area contributed by atoms with E-state index in [1.165, 1.54) is 48.4 Å². The van der Waals surface area contributed by atoms with E-state index in [4.69, 9.17) is 0 Å². The van der Waals surface area contributed by atoms with E-state index in [1.807, 2.05) is 12.4 Å². The molecule has 0 atom stereocenters. The fourth-order valence-electron chi connectivity index (χ4n) is 2.70. The van der Waals surface area contributed by atoms with Gasteiger partial charge >= 0.3 is 0 Å². The minimum atomic E-state index is 0.770. The molecule has 82 valence electrons. The molecular formula is C14H16N2. The molecule has 1 aliphatic rings. The van der Waals surface area contributed by atoms with E-state index in [-0.39, 0.29) is 0 Å². The van der Waals surface area contributed by atoms with Crippen LogP contribution in [0.15, 0.2) is 30.6 Å². The van der Waals surface area contributed by atoms with E-state index in [9.17, 15) is 0 Å². The van der Waals surface area contributed by atoms with Gasteiger partial charge < -0.3 is 0 Å². The van der Waals surface area contributed by atoms with Crippen LogP contribution in [0.3, 0.4) is 0 Å². The van der Waals surface area contributed by atoms with E-state index in [2.05, 4.69) is 28.4 Å². The molecular weight excluding hydrogens is 196 g/mol. The molecule has 1 saturated carbocycles. The standard InChI is InChI=1S/C14H16N2/c1-2-4-11(5-3-1)12-6-7-13-9-15-16-10-14(13)8-12/h6-11H,1-5H2. The predicted molar refractivity (Wildman–Crippen MR) is 65.4 cm³/mol. The summed E-state index contributed by atoms with van der Waals surface area (Å²) in [5, 5.41) is 10.3. The Morgan fingerprint density at radius 3 is 2.44 bits per heavy atom. The highest BCUT2D eigenvalue weighted by Crippen LogP contribution is 2.33. The zero-order valence-corrected chi connectivity index (χ0v) is 9.39. The summed E-state index contributed by atoms with van der Waals surface area (Å²) >= 11 is 0. The van der Waals surface area contributed by atoms with Gasteiger partial charge in [0.2, 0.25) is 0 Å². The van der Waals surface area contributed by atoms with Crippen LogP contribution in [0, 0.1) is 0 Å². The van der Waals surface area contributed by atoms with E-state index >= 15 is 0 Å². The second kappa shape index (κ2) is 4.20. The maximum atomic E-state index is 3.95. The lowest BCUT2D eigenvalue weighted by atomic mass is 9.84. The van der Waals surface area contributed by atoms with E-state index in [0.29, 0.717) is 0 Å². The quantitative estimate of drug-likeness (QED) is 0.720. The molecule has 2 heteroatoms. The zero-order valence-electron chi connectivity index (χ0n) is 9.39. The normalized spacial score (nSPS) is 17.8. The summed E-state index contributed by atoms with van der Waals surface area (Å²) in [4.78, 5) is 0. The zero-order chi connectivity index (χ0) is 10.8. The molecule has 0 spiro atoms. The highest BCUT2D eigenvalue weighted by atomic mass is 15.1. The van der Waals surface area contributed by atoms with Crippen molar-refractivity contribution in [1.29, 1.82) is 0 Å². The first kappa shape index (κ1) is 9.76. The number of nitrogens with zero attached hydrogens (tertiary/aromatic N) is 2. The van der Waals surface area contributed by atoms with Crippen LogP contribution < -0.4 is 0 Å². The maximum absolute atomic E-state index is 3.95. The van der Waals surface area contributed by atoms with Gasteiger partial charge in [0.1, 0.15) is 0 Å². The molecule has 1 fully saturated rings. The van der Waals surface area contributed by atoms with Crippen LogP contribution in [0.5, 0.6) is 0 Å². The second-order valence-corrected chi connectivity index (χ2v) is 4.71. The van der Waals surface area contributed by atoms with Crippen LogP contribution in [0.1, 0.15) is 43.6 Å². The number of rotatable bonds is 1. The van der Waals surface area contributed by atoms with Crippen LogP contribution in [0.25, 0.3) is 10.8 Å². The SMILES string of the molecule is c1cc2cnncc2cc1C1CCCCC1. The Labute approximate surface area is 95.7 Å². The van der Waals surface area contributed by atoms with E-state index in [0.717, 1.165) is 5.92 Å². The molecule has 2 nitrogen and oxygen atoms in total. The number of hydrogen-bond donors (Lipinski definition) is 0. The van der Waals surface area contributed by atoms with E-state index in [1.54, 1.807) is 0 Å². The second-order valence-electron chi connectivity index (χ2n) is 4.71. The molecule has 3 rings (SSSR count). The Kier molecular flexibility index (Phi) is 2.56. The lowest BCUT2D eigenvalue weighted by Crippen LogP contribution is -2.04. The van der Waals surface area contributed by atoms with E-state index < -0.39 is 0 Å². The van der Waals surface area contributed by atoms with Gasteiger partial charge in [0.25, 0.3) is 0 Å². The van der Waals surface area contributed by atoms with Gasteiger partial charge in [-0.15, -0.1) is 0 Å². The van der Waals surface area contributed by atoms with Gasteiger partial charge in [-0.25, -0.2) is 0 Å². The molecule has 1 aliphatic carbocycles. The van der Waals surface area contributed by atoms with Crippen molar-refractivity contribution in [2.75, 3.05) is 0 Å². The fourth-order valence-corrected chi connectivity index (χ4v) is 2.70. The Bertz CT molecular complexity index is 487. The van der Waals surface area contributed by atoms with Crippen LogP contribution >= 0.6 is 0 Å². The van der Waals surface area contributed by atoms with Crippen molar-refractivity contribution >= 4 is 10.8 Å².